The summed E-state index contributed by atoms with van der Waals surface area (Å²) in [5, 5.41) is 18.6. The molecular weight excluding hydrogens is 322 g/mol. The smallest absolute Gasteiger partial charge is 0.356 e. The number of phenols is 1. The van der Waals surface area contributed by atoms with Gasteiger partial charge in [0.15, 0.2) is 5.69 Å². The van der Waals surface area contributed by atoms with Crippen molar-refractivity contribution in [3.63, 3.8) is 0 Å². The van der Waals surface area contributed by atoms with Crippen molar-refractivity contribution < 1.29 is 19.7 Å². The highest BCUT2D eigenvalue weighted by Crippen LogP contribution is 2.42. The topological polar surface area (TPSA) is 95.8 Å². The minimum Gasteiger partial charge on any atom is -0.508 e. The van der Waals surface area contributed by atoms with Gasteiger partial charge in [-0.05, 0) is 42.5 Å². The molecule has 25 heavy (non-hydrogen) atoms. The molecule has 7 heteroatoms. The van der Waals surface area contributed by atoms with Crippen LogP contribution in [0.5, 0.6) is 5.75 Å². The summed E-state index contributed by atoms with van der Waals surface area (Å²) in [7, 11) is 0. The van der Waals surface area contributed by atoms with Crippen molar-refractivity contribution in [1.82, 2.24) is 9.97 Å². The number of anilines is 1. The van der Waals surface area contributed by atoms with Gasteiger partial charge in [0.2, 0.25) is 0 Å². The first-order valence-electron chi connectivity index (χ1n) is 8.34. The third-order valence-corrected chi connectivity index (χ3v) is 5.08. The fourth-order valence-electron chi connectivity index (χ4n) is 3.77. The second-order valence-electron chi connectivity index (χ2n) is 6.49. The predicted octanol–water partition coefficient (Wildman–Crippen LogP) is 1.95. The van der Waals surface area contributed by atoms with Crippen LogP contribution in [0, 0.1) is 0 Å². The summed E-state index contributed by atoms with van der Waals surface area (Å²) in [5.74, 6) is -0.101. The van der Waals surface area contributed by atoms with Gasteiger partial charge in [0.1, 0.15) is 11.6 Å². The van der Waals surface area contributed by atoms with Crippen LogP contribution < -0.4 is 4.90 Å². The number of hydrogen-bond acceptors (Lipinski definition) is 6. The second kappa shape index (κ2) is 6.00. The lowest BCUT2D eigenvalue weighted by Crippen LogP contribution is -2.47. The maximum atomic E-state index is 10.9. The summed E-state index contributed by atoms with van der Waals surface area (Å²) in [5.41, 5.74) is 1.96. The molecule has 0 bridgehead atoms. The number of aromatic carboxylic acids is 1. The van der Waals surface area contributed by atoms with Crippen LogP contribution >= 0.6 is 0 Å². The highest BCUT2D eigenvalue weighted by molar-refractivity contribution is 5.84. The molecule has 1 aromatic carbocycles. The standard InChI is InChI=1S/C18H19N3O4/c22-13-1-2-14-12(9-13)3-8-25-18(14)4-6-21(7-5-18)16-11-19-15(10-20-16)17(23)24/h1-2,9-11,22H,3-8H2,(H,23,24). The molecule has 1 aromatic heterocycles. The van der Waals surface area contributed by atoms with Gasteiger partial charge in [-0.3, -0.25) is 0 Å². The second-order valence-corrected chi connectivity index (χ2v) is 6.49. The zero-order chi connectivity index (χ0) is 17.4. The largest absolute Gasteiger partial charge is 0.508 e. The van der Waals surface area contributed by atoms with Crippen molar-refractivity contribution in [3.05, 3.63) is 47.4 Å². The molecule has 0 aliphatic carbocycles. The molecule has 2 aliphatic heterocycles. The number of benzene rings is 1. The van der Waals surface area contributed by atoms with Crippen LogP contribution in [0.3, 0.4) is 0 Å². The normalized spacial score (nSPS) is 18.8. The first-order chi connectivity index (χ1) is 12.1. The Balaban J connectivity index is 1.53. The van der Waals surface area contributed by atoms with E-state index in [1.165, 1.54) is 18.0 Å². The first-order valence-corrected chi connectivity index (χ1v) is 8.34. The van der Waals surface area contributed by atoms with E-state index in [4.69, 9.17) is 9.84 Å². The van der Waals surface area contributed by atoms with Crippen LogP contribution in [0.25, 0.3) is 0 Å². The van der Waals surface area contributed by atoms with Crippen LogP contribution in [0.1, 0.15) is 34.5 Å². The Bertz CT molecular complexity index is 798. The van der Waals surface area contributed by atoms with E-state index >= 15 is 0 Å². The van der Waals surface area contributed by atoms with E-state index in [0.717, 1.165) is 37.9 Å². The van der Waals surface area contributed by atoms with Gasteiger partial charge >= 0.3 is 5.97 Å². The van der Waals surface area contributed by atoms with Crippen LogP contribution in [0.15, 0.2) is 30.6 Å². The van der Waals surface area contributed by atoms with Crippen LogP contribution in [-0.2, 0) is 16.8 Å². The highest BCUT2D eigenvalue weighted by atomic mass is 16.5. The van der Waals surface area contributed by atoms with E-state index in [9.17, 15) is 9.90 Å². The van der Waals surface area contributed by atoms with Gasteiger partial charge < -0.3 is 19.8 Å². The molecular formula is C18H19N3O4. The zero-order valence-corrected chi connectivity index (χ0v) is 13.7. The number of rotatable bonds is 2. The third-order valence-electron chi connectivity index (χ3n) is 5.08. The maximum absolute atomic E-state index is 10.9. The number of piperidine rings is 1. The molecule has 1 fully saturated rings. The van der Waals surface area contributed by atoms with Gasteiger partial charge in [-0.25, -0.2) is 14.8 Å². The van der Waals surface area contributed by atoms with Crippen LogP contribution in [-0.4, -0.2) is 45.8 Å². The Hall–Kier alpha value is -2.67. The van der Waals surface area contributed by atoms with E-state index in [1.807, 2.05) is 12.1 Å². The number of carboxylic acids is 1. The van der Waals surface area contributed by atoms with Crippen molar-refractivity contribution in [2.75, 3.05) is 24.6 Å². The van der Waals surface area contributed by atoms with Gasteiger partial charge in [-0.1, -0.05) is 6.07 Å². The number of fused-ring (bicyclic) bond motifs is 2. The predicted molar refractivity (Wildman–Crippen MR) is 89.9 cm³/mol. The van der Waals surface area contributed by atoms with Crippen molar-refractivity contribution in [2.24, 2.45) is 0 Å². The minimum absolute atomic E-state index is 0.0541. The van der Waals surface area contributed by atoms with E-state index in [-0.39, 0.29) is 11.3 Å². The molecule has 2 aliphatic rings. The average Bonchev–Trinajstić information content (AvgIpc) is 2.62. The Kier molecular flexibility index (Phi) is 3.80. The molecule has 2 N–H and O–H groups in total. The third kappa shape index (κ3) is 2.80. The lowest BCUT2D eigenvalue weighted by molar-refractivity contribution is -0.0767. The number of hydrogen-bond donors (Lipinski definition) is 2. The number of nitrogens with zero attached hydrogens (tertiary/aromatic N) is 3. The molecule has 0 unspecified atom stereocenters. The summed E-state index contributed by atoms with van der Waals surface area (Å²) in [6, 6.07) is 5.53. The fraction of sp³-hybridized carbons (Fsp3) is 0.389. The number of aromatic nitrogens is 2. The Morgan fingerprint density at radius 1 is 1.20 bits per heavy atom. The molecule has 7 nitrogen and oxygen atoms in total. The number of ether oxygens (including phenoxy) is 1. The maximum Gasteiger partial charge on any atom is 0.356 e. The molecule has 2 aromatic rings. The molecule has 3 heterocycles. The average molecular weight is 341 g/mol. The molecule has 0 atom stereocenters. The molecule has 0 radical (unpaired) electrons. The van der Waals surface area contributed by atoms with Crippen molar-refractivity contribution >= 4 is 11.8 Å². The summed E-state index contributed by atoms with van der Waals surface area (Å²) in [6.45, 7) is 2.16. The van der Waals surface area contributed by atoms with Crippen molar-refractivity contribution in [2.45, 2.75) is 24.9 Å². The molecule has 4 rings (SSSR count). The monoisotopic (exact) mass is 341 g/mol. The lowest BCUT2D eigenvalue weighted by Gasteiger charge is -2.45. The van der Waals surface area contributed by atoms with Gasteiger partial charge in [0, 0.05) is 13.1 Å². The Morgan fingerprint density at radius 2 is 2.00 bits per heavy atom. The van der Waals surface area contributed by atoms with Crippen molar-refractivity contribution in [3.8, 4) is 5.75 Å². The quantitative estimate of drug-likeness (QED) is 0.862. The summed E-state index contributed by atoms with van der Waals surface area (Å²) >= 11 is 0. The summed E-state index contributed by atoms with van der Waals surface area (Å²) in [6.07, 6.45) is 5.24. The molecule has 0 saturated carbocycles. The number of carboxylic acid groups (broad SMARTS) is 1. The minimum atomic E-state index is -1.08. The van der Waals surface area contributed by atoms with Crippen LogP contribution in [0.2, 0.25) is 0 Å². The number of phenolic OH excluding ortho intramolecular Hbond substituents is 1. The van der Waals surface area contributed by atoms with Crippen LogP contribution in [0.4, 0.5) is 5.82 Å². The molecule has 0 amide bonds. The van der Waals surface area contributed by atoms with Gasteiger partial charge in [0.05, 0.1) is 24.6 Å². The number of carbonyl (C=O) groups is 1. The van der Waals surface area contributed by atoms with Gasteiger partial charge in [0.25, 0.3) is 0 Å². The molecule has 130 valence electrons. The van der Waals surface area contributed by atoms with E-state index in [0.29, 0.717) is 18.2 Å². The first kappa shape index (κ1) is 15.8. The van der Waals surface area contributed by atoms with Gasteiger partial charge in [-0.15, -0.1) is 0 Å². The lowest BCUT2D eigenvalue weighted by atomic mass is 9.79. The van der Waals surface area contributed by atoms with E-state index in [2.05, 4.69) is 14.9 Å². The summed E-state index contributed by atoms with van der Waals surface area (Å²) in [4.78, 5) is 21.1. The Labute approximate surface area is 144 Å². The molecule has 1 spiro atoms. The SMILES string of the molecule is O=C(O)c1cnc(N2CCC3(CC2)OCCc2cc(O)ccc23)cn1. The molecule has 1 saturated heterocycles. The fourth-order valence-corrected chi connectivity index (χ4v) is 3.77. The van der Waals surface area contributed by atoms with E-state index < -0.39 is 5.97 Å². The zero-order valence-electron chi connectivity index (χ0n) is 13.7. The van der Waals surface area contributed by atoms with Gasteiger partial charge in [-0.2, -0.15) is 0 Å². The van der Waals surface area contributed by atoms with Crippen molar-refractivity contribution in [1.29, 1.82) is 0 Å². The number of aromatic hydroxyl groups is 1. The highest BCUT2D eigenvalue weighted by Gasteiger charge is 2.41. The summed E-state index contributed by atoms with van der Waals surface area (Å²) < 4.78 is 6.19. The van der Waals surface area contributed by atoms with E-state index in [1.54, 1.807) is 6.07 Å². The Morgan fingerprint density at radius 3 is 2.68 bits per heavy atom.